The molecule has 3 aromatic rings. The lowest BCUT2D eigenvalue weighted by molar-refractivity contribution is -0.0102. The number of ether oxygens (including phenoxy) is 2. The number of amides is 1. The Morgan fingerprint density at radius 1 is 1.26 bits per heavy atom. The Labute approximate surface area is 197 Å². The maximum Gasteiger partial charge on any atom is 0.253 e. The summed E-state index contributed by atoms with van der Waals surface area (Å²) in [4.78, 5) is 20.0. The van der Waals surface area contributed by atoms with Crippen LogP contribution in [0.1, 0.15) is 39.9 Å². The Kier molecular flexibility index (Phi) is 4.67. The molecule has 2 bridgehead atoms. The van der Waals surface area contributed by atoms with E-state index in [1.807, 2.05) is 6.92 Å². The molecule has 1 aromatic carbocycles. The predicted molar refractivity (Wildman–Crippen MR) is 128 cm³/mol. The smallest absolute Gasteiger partial charge is 0.253 e. The molecule has 0 spiro atoms. The number of piperidine rings is 3. The van der Waals surface area contributed by atoms with Crippen molar-refractivity contribution in [2.24, 2.45) is 11.7 Å². The maximum absolute atomic E-state index is 12.6. The van der Waals surface area contributed by atoms with Gasteiger partial charge in [0.2, 0.25) is 5.88 Å². The van der Waals surface area contributed by atoms with Crippen molar-refractivity contribution in [3.8, 4) is 23.1 Å². The predicted octanol–water partition coefficient (Wildman–Crippen LogP) is 2.44. The third-order valence-electron chi connectivity index (χ3n) is 7.68. The van der Waals surface area contributed by atoms with Crippen LogP contribution >= 0.6 is 0 Å². The molecule has 9 heteroatoms. The van der Waals surface area contributed by atoms with Crippen molar-refractivity contribution < 1.29 is 19.4 Å². The third kappa shape index (κ3) is 2.96. The summed E-state index contributed by atoms with van der Waals surface area (Å²) in [5, 5.41) is 10.9. The van der Waals surface area contributed by atoms with Gasteiger partial charge < -0.3 is 26.0 Å². The number of aromatic nitrogens is 2. The fourth-order valence-corrected chi connectivity index (χ4v) is 5.88. The van der Waals surface area contributed by atoms with Gasteiger partial charge in [0.25, 0.3) is 5.91 Å². The molecule has 9 nitrogen and oxygen atoms in total. The molecule has 7 rings (SSSR count). The number of benzene rings is 1. The summed E-state index contributed by atoms with van der Waals surface area (Å²) in [6.45, 7) is 7.33. The summed E-state index contributed by atoms with van der Waals surface area (Å²) in [7, 11) is 0. The van der Waals surface area contributed by atoms with Gasteiger partial charge in [0.15, 0.2) is 5.65 Å². The van der Waals surface area contributed by atoms with Crippen LogP contribution in [-0.4, -0.2) is 57.8 Å². The van der Waals surface area contributed by atoms with Crippen LogP contribution in [0.2, 0.25) is 0 Å². The summed E-state index contributed by atoms with van der Waals surface area (Å²) >= 11 is 0. The summed E-state index contributed by atoms with van der Waals surface area (Å²) < 4.78 is 14.3. The van der Waals surface area contributed by atoms with Gasteiger partial charge in [-0.1, -0.05) is 6.07 Å². The second kappa shape index (κ2) is 7.53. The zero-order valence-electron chi connectivity index (χ0n) is 19.4. The number of anilines is 1. The van der Waals surface area contributed by atoms with E-state index in [2.05, 4.69) is 4.90 Å². The number of nitrogens with two attached hydrogens (primary N) is 2. The molecule has 0 radical (unpaired) electrons. The van der Waals surface area contributed by atoms with Crippen LogP contribution in [0.5, 0.6) is 17.4 Å². The molecule has 4 aliphatic heterocycles. The quantitative estimate of drug-likeness (QED) is 0.542. The summed E-state index contributed by atoms with van der Waals surface area (Å²) in [6.07, 6.45) is 2.96. The maximum atomic E-state index is 12.6. The minimum absolute atomic E-state index is 0.0674. The Hall–Kier alpha value is -3.46. The van der Waals surface area contributed by atoms with Crippen molar-refractivity contribution in [3.63, 3.8) is 0 Å². The Bertz CT molecular complexity index is 1340. The monoisotopic (exact) mass is 463 g/mol. The lowest BCUT2D eigenvalue weighted by Gasteiger charge is -2.44. The number of phenols is 1. The fourth-order valence-electron chi connectivity index (χ4n) is 5.88. The lowest BCUT2D eigenvalue weighted by atomic mass is 9.86. The van der Waals surface area contributed by atoms with E-state index in [9.17, 15) is 9.90 Å². The van der Waals surface area contributed by atoms with E-state index in [-0.39, 0.29) is 23.2 Å². The molecule has 1 atom stereocenters. The molecule has 6 heterocycles. The van der Waals surface area contributed by atoms with Crippen LogP contribution in [0, 0.1) is 19.8 Å². The van der Waals surface area contributed by atoms with Gasteiger partial charge in [-0.15, -0.1) is 0 Å². The number of carbonyl (C=O) groups is 1. The first-order valence-corrected chi connectivity index (χ1v) is 11.8. The SMILES string of the molecule is Cc1ccc(O)c(C)c1-n1c(N)c(C(N)=O)c2c3c(c(OC4CN5CCC4CC5)nc21)CCO3. The van der Waals surface area contributed by atoms with Gasteiger partial charge in [0.05, 0.1) is 28.8 Å². The number of fused-ring (bicyclic) bond motifs is 6. The van der Waals surface area contributed by atoms with Crippen molar-refractivity contribution >= 4 is 22.8 Å². The van der Waals surface area contributed by atoms with E-state index in [1.165, 1.54) is 0 Å². The van der Waals surface area contributed by atoms with Gasteiger partial charge in [-0.3, -0.25) is 14.3 Å². The lowest BCUT2D eigenvalue weighted by Crippen LogP contribution is -2.52. The molecule has 4 aliphatic rings. The number of aryl methyl sites for hydroxylation is 1. The topological polar surface area (TPSA) is 129 Å². The molecular formula is C25H29N5O4. The van der Waals surface area contributed by atoms with Gasteiger partial charge in [-0.05, 0) is 57.3 Å². The number of rotatable bonds is 4. The van der Waals surface area contributed by atoms with E-state index in [4.69, 9.17) is 25.9 Å². The van der Waals surface area contributed by atoms with Crippen LogP contribution in [0.25, 0.3) is 16.7 Å². The number of aromatic hydroxyl groups is 1. The average molecular weight is 464 g/mol. The molecule has 1 amide bonds. The third-order valence-corrected chi connectivity index (χ3v) is 7.68. The van der Waals surface area contributed by atoms with Crippen LogP contribution in [0.4, 0.5) is 5.82 Å². The summed E-state index contributed by atoms with van der Waals surface area (Å²) in [5.41, 5.74) is 16.0. The Morgan fingerprint density at radius 2 is 2.03 bits per heavy atom. The largest absolute Gasteiger partial charge is 0.508 e. The number of primary amides is 1. The first-order chi connectivity index (χ1) is 16.3. The number of pyridine rings is 1. The summed E-state index contributed by atoms with van der Waals surface area (Å²) in [6, 6.07) is 3.45. The van der Waals surface area contributed by atoms with E-state index >= 15 is 0 Å². The van der Waals surface area contributed by atoms with E-state index in [0.717, 1.165) is 43.6 Å². The number of hydrogen-bond donors (Lipinski definition) is 3. The normalized spacial score (nSPS) is 23.2. The van der Waals surface area contributed by atoms with E-state index < -0.39 is 5.91 Å². The number of phenolic OH excluding ortho intramolecular Hbond substituents is 1. The van der Waals surface area contributed by atoms with Crippen molar-refractivity contribution in [3.05, 3.63) is 34.4 Å². The van der Waals surface area contributed by atoms with Crippen LogP contribution in [0.3, 0.4) is 0 Å². The number of nitrogen functional groups attached to an aromatic ring is 1. The number of hydrogen-bond acceptors (Lipinski definition) is 7. The molecular weight excluding hydrogens is 434 g/mol. The minimum atomic E-state index is -0.651. The van der Waals surface area contributed by atoms with Crippen molar-refractivity contribution in [1.82, 2.24) is 14.5 Å². The number of nitrogens with zero attached hydrogens (tertiary/aromatic N) is 3. The van der Waals surface area contributed by atoms with Gasteiger partial charge in [0.1, 0.15) is 23.4 Å². The second-order valence-corrected chi connectivity index (χ2v) is 9.65. The number of carbonyl (C=O) groups excluding carboxylic acids is 1. The zero-order valence-corrected chi connectivity index (χ0v) is 19.4. The molecule has 178 valence electrons. The van der Waals surface area contributed by atoms with Crippen LogP contribution in [-0.2, 0) is 6.42 Å². The van der Waals surface area contributed by atoms with E-state index in [1.54, 1.807) is 23.6 Å². The molecule has 1 unspecified atom stereocenters. The molecule has 3 saturated heterocycles. The molecule has 2 aromatic heterocycles. The Morgan fingerprint density at radius 3 is 2.71 bits per heavy atom. The van der Waals surface area contributed by atoms with Gasteiger partial charge >= 0.3 is 0 Å². The highest BCUT2D eigenvalue weighted by molar-refractivity contribution is 6.13. The highest BCUT2D eigenvalue weighted by Gasteiger charge is 2.38. The van der Waals surface area contributed by atoms with Crippen LogP contribution < -0.4 is 20.9 Å². The van der Waals surface area contributed by atoms with Crippen molar-refractivity contribution in [1.29, 1.82) is 0 Å². The zero-order chi connectivity index (χ0) is 23.7. The first kappa shape index (κ1) is 21.1. The van der Waals surface area contributed by atoms with E-state index in [0.29, 0.717) is 52.9 Å². The molecule has 34 heavy (non-hydrogen) atoms. The fraction of sp³-hybridized carbons (Fsp3) is 0.440. The van der Waals surface area contributed by atoms with Crippen molar-refractivity contribution in [2.45, 2.75) is 39.2 Å². The minimum Gasteiger partial charge on any atom is -0.508 e. The second-order valence-electron chi connectivity index (χ2n) is 9.65. The highest BCUT2D eigenvalue weighted by Crippen LogP contribution is 2.46. The molecule has 3 fully saturated rings. The summed E-state index contributed by atoms with van der Waals surface area (Å²) in [5.74, 6) is 1.25. The van der Waals surface area contributed by atoms with Crippen molar-refractivity contribution in [2.75, 3.05) is 32.0 Å². The Balaban J connectivity index is 1.61. The standard InChI is InChI=1S/C25H29N5O4/c1-12-3-4-16(31)13(2)20(12)30-22(26)19(23(27)32)18-21-15(7-10-33-21)25(28-24(18)30)34-17-11-29-8-5-14(17)6-9-29/h3-4,14,17,31H,5-11,26H2,1-2H3,(H2,27,32). The first-order valence-electron chi connectivity index (χ1n) is 11.8. The van der Waals surface area contributed by atoms with Gasteiger partial charge in [0, 0.05) is 18.5 Å². The van der Waals surface area contributed by atoms with Gasteiger partial charge in [-0.2, -0.15) is 4.98 Å². The van der Waals surface area contributed by atoms with Gasteiger partial charge in [-0.25, -0.2) is 0 Å². The molecule has 0 saturated carbocycles. The highest BCUT2D eigenvalue weighted by atomic mass is 16.5. The molecule has 5 N–H and O–H groups in total. The average Bonchev–Trinajstić information content (AvgIpc) is 3.41. The molecule has 0 aliphatic carbocycles. The van der Waals surface area contributed by atoms with Crippen LogP contribution in [0.15, 0.2) is 12.1 Å².